The van der Waals surface area contributed by atoms with Gasteiger partial charge in [0.15, 0.2) is 0 Å². The lowest BCUT2D eigenvalue weighted by molar-refractivity contribution is -0.140. The van der Waals surface area contributed by atoms with Crippen molar-refractivity contribution in [2.45, 2.75) is 45.4 Å². The van der Waals surface area contributed by atoms with E-state index in [1.165, 1.54) is 0 Å². The molecule has 0 saturated heterocycles. The molecule has 1 saturated carbocycles. The highest BCUT2D eigenvalue weighted by molar-refractivity contribution is 7.80. The number of aliphatic carboxylic acids is 1. The Bertz CT molecular complexity index is 1160. The van der Waals surface area contributed by atoms with Crippen molar-refractivity contribution in [1.82, 2.24) is 4.57 Å². The van der Waals surface area contributed by atoms with Crippen LogP contribution in [-0.2, 0) is 4.79 Å². The van der Waals surface area contributed by atoms with E-state index in [1.807, 2.05) is 54.8 Å². The smallest absolute Gasteiger partial charge is 0.311 e. The van der Waals surface area contributed by atoms with Gasteiger partial charge in [-0.2, -0.15) is 0 Å². The number of carbonyl (C=O) groups is 1. The van der Waals surface area contributed by atoms with Crippen LogP contribution in [0.4, 0.5) is 0 Å². The normalized spacial score (nSPS) is 15.4. The molecule has 6 heteroatoms. The summed E-state index contributed by atoms with van der Waals surface area (Å²) in [5.41, 5.74) is 4.55. The predicted molar refractivity (Wildman–Crippen MR) is 129 cm³/mol. The summed E-state index contributed by atoms with van der Waals surface area (Å²) in [6.45, 7) is 3.99. The molecule has 31 heavy (non-hydrogen) atoms. The number of thiocarbonyl (C=S) groups is 1. The van der Waals surface area contributed by atoms with Crippen molar-refractivity contribution >= 4 is 45.7 Å². The van der Waals surface area contributed by atoms with E-state index in [2.05, 4.69) is 0 Å². The Kier molecular flexibility index (Phi) is 6.09. The number of ether oxygens (including phenoxy) is 1. The average molecular weight is 456 g/mol. The second-order valence-corrected chi connectivity index (χ2v) is 9.16. The van der Waals surface area contributed by atoms with Crippen LogP contribution in [0.25, 0.3) is 10.9 Å². The zero-order chi connectivity index (χ0) is 22.3. The third kappa shape index (κ3) is 3.85. The van der Waals surface area contributed by atoms with Gasteiger partial charge in [0.1, 0.15) is 10.7 Å². The van der Waals surface area contributed by atoms with Crippen LogP contribution in [0.3, 0.4) is 0 Å². The lowest BCUT2D eigenvalue weighted by atomic mass is 9.83. The Balaban J connectivity index is 1.99. The van der Waals surface area contributed by atoms with Crippen molar-refractivity contribution in [3.05, 3.63) is 63.8 Å². The maximum Gasteiger partial charge on any atom is 0.311 e. The molecule has 2 aromatic carbocycles. The van der Waals surface area contributed by atoms with E-state index in [-0.39, 0.29) is 5.92 Å². The number of fused-ring (bicyclic) bond motifs is 1. The van der Waals surface area contributed by atoms with Crippen LogP contribution < -0.4 is 4.74 Å². The highest BCUT2D eigenvalue weighted by Crippen LogP contribution is 2.44. The van der Waals surface area contributed by atoms with Crippen molar-refractivity contribution in [2.75, 3.05) is 7.11 Å². The standard InChI is InChI=1S/C25H26ClNO3S/c1-14-8-10-17(11-9-14)24(31)27-15(2)22(23(25(28)29)16-6-4-5-7-16)18-12-21(30-3)19(26)13-20(18)27/h8-13,16,23H,4-7H2,1-3H3,(H,28,29). The minimum atomic E-state index is -0.788. The molecular formula is C25H26ClNO3S. The number of rotatable bonds is 5. The van der Waals surface area contributed by atoms with Gasteiger partial charge in [0, 0.05) is 16.6 Å². The maximum absolute atomic E-state index is 12.5. The summed E-state index contributed by atoms with van der Waals surface area (Å²) in [5.74, 6) is -0.726. The van der Waals surface area contributed by atoms with Gasteiger partial charge in [-0.15, -0.1) is 0 Å². The van der Waals surface area contributed by atoms with Gasteiger partial charge in [-0.25, -0.2) is 0 Å². The first-order valence-corrected chi connectivity index (χ1v) is 11.3. The molecule has 162 valence electrons. The molecule has 0 radical (unpaired) electrons. The maximum atomic E-state index is 12.5. The number of nitrogens with zero attached hydrogens (tertiary/aromatic N) is 1. The van der Waals surface area contributed by atoms with Crippen molar-refractivity contribution < 1.29 is 14.6 Å². The number of carboxylic acid groups (broad SMARTS) is 1. The first kappa shape index (κ1) is 21.8. The summed E-state index contributed by atoms with van der Waals surface area (Å²) in [7, 11) is 1.57. The van der Waals surface area contributed by atoms with Gasteiger partial charge in [-0.3, -0.25) is 4.79 Å². The molecule has 1 aromatic heterocycles. The fourth-order valence-corrected chi connectivity index (χ4v) is 5.53. The third-order valence-electron chi connectivity index (χ3n) is 6.48. The van der Waals surface area contributed by atoms with E-state index in [1.54, 1.807) is 7.11 Å². The molecule has 3 aromatic rings. The Labute approximate surface area is 192 Å². The fraction of sp³-hybridized carbons (Fsp3) is 0.360. The molecule has 1 fully saturated rings. The van der Waals surface area contributed by atoms with Crippen molar-refractivity contribution in [1.29, 1.82) is 0 Å². The van der Waals surface area contributed by atoms with Crippen molar-refractivity contribution in [2.24, 2.45) is 5.92 Å². The Hall–Kier alpha value is -2.37. The lowest BCUT2D eigenvalue weighted by Crippen LogP contribution is -2.21. The van der Waals surface area contributed by atoms with Crippen LogP contribution in [-0.4, -0.2) is 27.7 Å². The Morgan fingerprint density at radius 2 is 1.84 bits per heavy atom. The highest BCUT2D eigenvalue weighted by Gasteiger charge is 2.36. The minimum absolute atomic E-state index is 0.116. The SMILES string of the molecule is COc1cc2c(C(C(=O)O)C3CCCC3)c(C)n(C(=S)c3ccc(C)cc3)c2cc1Cl. The quantitative estimate of drug-likeness (QED) is 0.446. The van der Waals surface area contributed by atoms with E-state index in [9.17, 15) is 9.90 Å². The van der Waals surface area contributed by atoms with Gasteiger partial charge in [-0.05, 0) is 50.3 Å². The summed E-state index contributed by atoms with van der Waals surface area (Å²) in [6.07, 6.45) is 4.00. The Morgan fingerprint density at radius 3 is 2.42 bits per heavy atom. The summed E-state index contributed by atoms with van der Waals surface area (Å²) in [5, 5.41) is 11.6. The number of benzene rings is 2. The van der Waals surface area contributed by atoms with Gasteiger partial charge >= 0.3 is 5.97 Å². The van der Waals surface area contributed by atoms with Crippen LogP contribution in [0.2, 0.25) is 5.02 Å². The van der Waals surface area contributed by atoms with Gasteiger partial charge in [0.2, 0.25) is 0 Å². The fourth-order valence-electron chi connectivity index (χ4n) is 4.93. The van der Waals surface area contributed by atoms with Crippen LogP contribution >= 0.6 is 23.8 Å². The number of hydrogen-bond donors (Lipinski definition) is 1. The summed E-state index contributed by atoms with van der Waals surface area (Å²) < 4.78 is 7.43. The van der Waals surface area contributed by atoms with E-state index in [4.69, 9.17) is 28.6 Å². The van der Waals surface area contributed by atoms with Gasteiger partial charge in [0.25, 0.3) is 0 Å². The van der Waals surface area contributed by atoms with Crippen LogP contribution in [0.1, 0.15) is 54.0 Å². The second kappa shape index (κ2) is 8.64. The molecule has 0 amide bonds. The summed E-state index contributed by atoms with van der Waals surface area (Å²) in [6, 6.07) is 11.7. The summed E-state index contributed by atoms with van der Waals surface area (Å²) >= 11 is 12.4. The highest BCUT2D eigenvalue weighted by atomic mass is 35.5. The zero-order valence-electron chi connectivity index (χ0n) is 17.9. The minimum Gasteiger partial charge on any atom is -0.495 e. The number of aromatic nitrogens is 1. The molecular weight excluding hydrogens is 430 g/mol. The number of hydrogen-bond acceptors (Lipinski definition) is 3. The monoisotopic (exact) mass is 455 g/mol. The molecule has 1 aliphatic carbocycles. The number of halogens is 1. The van der Waals surface area contributed by atoms with E-state index in [0.717, 1.165) is 59.0 Å². The molecule has 0 spiro atoms. The van der Waals surface area contributed by atoms with Gasteiger partial charge in [-0.1, -0.05) is 66.5 Å². The average Bonchev–Trinajstić information content (AvgIpc) is 3.35. The summed E-state index contributed by atoms with van der Waals surface area (Å²) in [4.78, 5) is 13.1. The molecule has 1 aliphatic rings. The molecule has 1 N–H and O–H groups in total. The third-order valence-corrected chi connectivity index (χ3v) is 7.19. The van der Waals surface area contributed by atoms with E-state index >= 15 is 0 Å². The molecule has 0 aliphatic heterocycles. The first-order valence-electron chi connectivity index (χ1n) is 10.6. The van der Waals surface area contributed by atoms with Crippen molar-refractivity contribution in [3.8, 4) is 5.75 Å². The second-order valence-electron chi connectivity index (χ2n) is 8.37. The first-order chi connectivity index (χ1) is 14.8. The van der Waals surface area contributed by atoms with Crippen LogP contribution in [0, 0.1) is 19.8 Å². The molecule has 4 rings (SSSR count). The lowest BCUT2D eigenvalue weighted by Gasteiger charge is -2.20. The van der Waals surface area contributed by atoms with E-state index < -0.39 is 11.9 Å². The molecule has 1 atom stereocenters. The molecule has 4 nitrogen and oxygen atoms in total. The van der Waals surface area contributed by atoms with Crippen molar-refractivity contribution in [3.63, 3.8) is 0 Å². The molecule has 1 heterocycles. The zero-order valence-corrected chi connectivity index (χ0v) is 19.5. The largest absolute Gasteiger partial charge is 0.495 e. The number of aryl methyl sites for hydroxylation is 1. The topological polar surface area (TPSA) is 51.5 Å². The molecule has 1 unspecified atom stereocenters. The van der Waals surface area contributed by atoms with Crippen LogP contribution in [0.15, 0.2) is 36.4 Å². The molecule has 0 bridgehead atoms. The Morgan fingerprint density at radius 1 is 1.19 bits per heavy atom. The number of carboxylic acids is 1. The van der Waals surface area contributed by atoms with E-state index in [0.29, 0.717) is 15.8 Å². The van der Waals surface area contributed by atoms with Gasteiger partial charge < -0.3 is 14.4 Å². The van der Waals surface area contributed by atoms with Gasteiger partial charge in [0.05, 0.1) is 23.6 Å². The number of methoxy groups -OCH3 is 1. The predicted octanol–water partition coefficient (Wildman–Crippen LogP) is 6.50. The van der Waals surface area contributed by atoms with Crippen LogP contribution in [0.5, 0.6) is 5.75 Å².